The topological polar surface area (TPSA) is 76.8 Å². The lowest BCUT2D eigenvalue weighted by molar-refractivity contribution is 1.06. The van der Waals surface area contributed by atoms with E-state index in [2.05, 4.69) is 29.3 Å². The largest absolute Gasteiger partial charge is 0.369 e. The molecular formula is C11H15ClN4. The third-order valence-electron chi connectivity index (χ3n) is 2.62. The van der Waals surface area contributed by atoms with Gasteiger partial charge in [0.25, 0.3) is 0 Å². The highest BCUT2D eigenvalue weighted by Gasteiger charge is 2.18. The normalized spacial score (nSPS) is 15.4. The maximum atomic E-state index is 5.24. The number of benzene rings is 1. The summed E-state index contributed by atoms with van der Waals surface area (Å²) in [6.45, 7) is 2.11. The number of aryl methyl sites for hydroxylation is 1. The van der Waals surface area contributed by atoms with Crippen molar-refractivity contribution in [3.05, 3.63) is 34.9 Å². The van der Waals surface area contributed by atoms with E-state index in [1.807, 2.05) is 6.07 Å². The molecule has 4 nitrogen and oxygen atoms in total. The minimum absolute atomic E-state index is 0. The maximum absolute atomic E-state index is 5.24. The summed E-state index contributed by atoms with van der Waals surface area (Å²) in [5, 5.41) is 7.76. The molecule has 0 atom stereocenters. The van der Waals surface area contributed by atoms with Crippen molar-refractivity contribution in [2.24, 2.45) is 21.7 Å². The molecule has 0 spiro atoms. The molecule has 1 aromatic carbocycles. The molecule has 0 saturated heterocycles. The van der Waals surface area contributed by atoms with Crippen molar-refractivity contribution in [1.29, 1.82) is 0 Å². The van der Waals surface area contributed by atoms with Gasteiger partial charge in [-0.1, -0.05) is 18.2 Å². The van der Waals surface area contributed by atoms with Crippen molar-refractivity contribution in [2.45, 2.75) is 19.8 Å². The number of hydrogen-bond acceptors (Lipinski definition) is 2. The Morgan fingerprint density at radius 3 is 2.69 bits per heavy atom. The van der Waals surface area contributed by atoms with Crippen LogP contribution in [0.4, 0.5) is 0 Å². The minimum Gasteiger partial charge on any atom is -0.369 e. The van der Waals surface area contributed by atoms with Gasteiger partial charge >= 0.3 is 0 Å². The Kier molecular flexibility index (Phi) is 3.90. The Labute approximate surface area is 101 Å². The van der Waals surface area contributed by atoms with Gasteiger partial charge in [0.1, 0.15) is 0 Å². The Morgan fingerprint density at radius 1 is 1.25 bits per heavy atom. The number of fused-ring (bicyclic) bond motifs is 1. The van der Waals surface area contributed by atoms with E-state index in [-0.39, 0.29) is 18.4 Å². The van der Waals surface area contributed by atoms with Gasteiger partial charge in [-0.2, -0.15) is 5.10 Å². The number of rotatable bonds is 1. The summed E-state index contributed by atoms with van der Waals surface area (Å²) in [7, 11) is 0. The van der Waals surface area contributed by atoms with Crippen molar-refractivity contribution in [2.75, 3.05) is 0 Å². The predicted molar refractivity (Wildman–Crippen MR) is 69.1 cm³/mol. The van der Waals surface area contributed by atoms with E-state index in [9.17, 15) is 0 Å². The molecule has 2 rings (SSSR count). The van der Waals surface area contributed by atoms with E-state index in [0.717, 1.165) is 18.6 Å². The van der Waals surface area contributed by atoms with E-state index in [4.69, 9.17) is 11.5 Å². The maximum Gasteiger partial charge on any atom is 0.211 e. The molecule has 0 saturated carbocycles. The minimum atomic E-state index is 0. The van der Waals surface area contributed by atoms with Crippen LogP contribution in [0.25, 0.3) is 0 Å². The van der Waals surface area contributed by atoms with Gasteiger partial charge in [0.15, 0.2) is 0 Å². The number of guanidine groups is 1. The Bertz CT molecular complexity index is 447. The van der Waals surface area contributed by atoms with Crippen LogP contribution in [0.3, 0.4) is 0 Å². The quantitative estimate of drug-likeness (QED) is 0.440. The van der Waals surface area contributed by atoms with Crippen molar-refractivity contribution in [1.82, 2.24) is 0 Å². The summed E-state index contributed by atoms with van der Waals surface area (Å²) in [5.41, 5.74) is 15.3. The molecule has 0 bridgehead atoms. The third kappa shape index (κ3) is 2.33. The van der Waals surface area contributed by atoms with Crippen LogP contribution in [0.5, 0.6) is 0 Å². The molecule has 1 aromatic rings. The zero-order valence-corrected chi connectivity index (χ0v) is 9.92. The second-order valence-corrected chi connectivity index (χ2v) is 3.67. The number of nitrogens with zero attached hydrogens (tertiary/aromatic N) is 2. The number of nitrogens with two attached hydrogens (primary N) is 2. The lowest BCUT2D eigenvalue weighted by Gasteiger charge is -2.01. The molecule has 0 aromatic heterocycles. The second kappa shape index (κ2) is 4.99. The summed E-state index contributed by atoms with van der Waals surface area (Å²) in [6.07, 6.45) is 1.94. The van der Waals surface area contributed by atoms with Crippen LogP contribution in [-0.2, 0) is 6.42 Å². The highest BCUT2D eigenvalue weighted by Crippen LogP contribution is 2.25. The van der Waals surface area contributed by atoms with Crippen LogP contribution in [0, 0.1) is 6.92 Å². The van der Waals surface area contributed by atoms with Crippen molar-refractivity contribution >= 4 is 24.1 Å². The lowest BCUT2D eigenvalue weighted by Crippen LogP contribution is -2.22. The monoisotopic (exact) mass is 238 g/mol. The summed E-state index contributed by atoms with van der Waals surface area (Å²) >= 11 is 0. The fourth-order valence-electron chi connectivity index (χ4n) is 1.90. The van der Waals surface area contributed by atoms with Crippen molar-refractivity contribution < 1.29 is 0 Å². The Morgan fingerprint density at radius 2 is 2.00 bits per heavy atom. The molecule has 16 heavy (non-hydrogen) atoms. The molecule has 4 N–H and O–H groups in total. The molecule has 0 amide bonds. The highest BCUT2D eigenvalue weighted by molar-refractivity contribution is 6.05. The van der Waals surface area contributed by atoms with Gasteiger partial charge in [-0.3, -0.25) is 0 Å². The van der Waals surface area contributed by atoms with Crippen LogP contribution >= 0.6 is 12.4 Å². The van der Waals surface area contributed by atoms with Crippen LogP contribution in [-0.4, -0.2) is 11.7 Å². The first kappa shape index (κ1) is 12.5. The molecule has 0 fully saturated rings. The predicted octanol–water partition coefficient (Wildman–Crippen LogP) is 1.34. The fraction of sp³-hybridized carbons (Fsp3) is 0.273. The summed E-state index contributed by atoms with van der Waals surface area (Å²) in [5.74, 6) is 0.00334. The van der Waals surface area contributed by atoms with Gasteiger partial charge in [0, 0.05) is 5.56 Å². The lowest BCUT2D eigenvalue weighted by atomic mass is 10.0. The molecule has 0 heterocycles. The van der Waals surface area contributed by atoms with E-state index in [0.29, 0.717) is 0 Å². The molecule has 1 aliphatic carbocycles. The summed E-state index contributed by atoms with van der Waals surface area (Å²) in [4.78, 5) is 0. The van der Waals surface area contributed by atoms with Crippen molar-refractivity contribution in [3.63, 3.8) is 0 Å². The Balaban J connectivity index is 0.00000128. The van der Waals surface area contributed by atoms with Crippen LogP contribution < -0.4 is 11.5 Å². The standard InChI is InChI=1S/C11H14N4.ClH/c1-7-3-2-4-9-8(7)5-6-10(9)14-15-11(12)13;/h2-4H,5-6H2,1H3,(H4,12,13,15);1H. The third-order valence-corrected chi connectivity index (χ3v) is 2.62. The van der Waals surface area contributed by atoms with E-state index in [1.165, 1.54) is 16.7 Å². The number of halogens is 1. The first-order valence-corrected chi connectivity index (χ1v) is 4.93. The molecular weight excluding hydrogens is 224 g/mol. The molecule has 0 unspecified atom stereocenters. The highest BCUT2D eigenvalue weighted by atomic mass is 35.5. The van der Waals surface area contributed by atoms with Crippen LogP contribution in [0.2, 0.25) is 0 Å². The zero-order chi connectivity index (χ0) is 10.8. The van der Waals surface area contributed by atoms with Gasteiger partial charge in [-0.15, -0.1) is 17.5 Å². The first-order valence-electron chi connectivity index (χ1n) is 4.93. The van der Waals surface area contributed by atoms with E-state index < -0.39 is 0 Å². The average molecular weight is 239 g/mol. The second-order valence-electron chi connectivity index (χ2n) is 3.67. The van der Waals surface area contributed by atoms with Crippen LogP contribution in [0.1, 0.15) is 23.1 Å². The average Bonchev–Trinajstić information content (AvgIpc) is 2.59. The van der Waals surface area contributed by atoms with Gasteiger partial charge in [0.05, 0.1) is 5.71 Å². The molecule has 0 radical (unpaired) electrons. The zero-order valence-electron chi connectivity index (χ0n) is 9.10. The summed E-state index contributed by atoms with van der Waals surface area (Å²) in [6, 6.07) is 6.21. The SMILES string of the molecule is Cc1cccc2c1CCC2=NN=C(N)N.Cl. The first-order chi connectivity index (χ1) is 7.18. The van der Waals surface area contributed by atoms with Gasteiger partial charge in [0.2, 0.25) is 5.96 Å². The Hall–Kier alpha value is -1.55. The van der Waals surface area contributed by atoms with E-state index in [1.54, 1.807) is 0 Å². The van der Waals surface area contributed by atoms with Gasteiger partial charge in [-0.05, 0) is 30.9 Å². The van der Waals surface area contributed by atoms with Gasteiger partial charge < -0.3 is 11.5 Å². The smallest absolute Gasteiger partial charge is 0.211 e. The number of hydrogen-bond donors (Lipinski definition) is 2. The molecule has 1 aliphatic rings. The van der Waals surface area contributed by atoms with Gasteiger partial charge in [-0.25, -0.2) is 0 Å². The fourth-order valence-corrected chi connectivity index (χ4v) is 1.90. The van der Waals surface area contributed by atoms with Crippen LogP contribution in [0.15, 0.2) is 28.4 Å². The summed E-state index contributed by atoms with van der Waals surface area (Å²) < 4.78 is 0. The molecule has 5 heteroatoms. The molecule has 0 aliphatic heterocycles. The van der Waals surface area contributed by atoms with E-state index >= 15 is 0 Å². The molecule has 86 valence electrons. The van der Waals surface area contributed by atoms with Crippen molar-refractivity contribution in [3.8, 4) is 0 Å².